The molecule has 0 fully saturated rings. The fourth-order valence-electron chi connectivity index (χ4n) is 9.09. The van der Waals surface area contributed by atoms with Gasteiger partial charge in [0.05, 0.1) is 22.1 Å². The predicted molar refractivity (Wildman–Crippen MR) is 239 cm³/mol. The summed E-state index contributed by atoms with van der Waals surface area (Å²) in [6, 6.07) is 74.5. The van der Waals surface area contributed by atoms with E-state index in [1.54, 1.807) is 0 Å². The normalized spacial score (nSPS) is 11.9. The van der Waals surface area contributed by atoms with Gasteiger partial charge in [0.15, 0.2) is 0 Å². The summed E-state index contributed by atoms with van der Waals surface area (Å²) < 4.78 is 11.3. The van der Waals surface area contributed by atoms with Gasteiger partial charge in [0.25, 0.3) is 0 Å². The molecular formula is C54H34N2O. The van der Waals surface area contributed by atoms with Gasteiger partial charge in [0.1, 0.15) is 11.2 Å². The third-order valence-electron chi connectivity index (χ3n) is 11.7. The molecule has 3 aromatic heterocycles. The van der Waals surface area contributed by atoms with Crippen LogP contribution in [0.5, 0.6) is 0 Å². The molecule has 3 heterocycles. The fraction of sp³-hybridized carbons (Fsp3) is 0. The van der Waals surface area contributed by atoms with E-state index in [4.69, 9.17) is 4.42 Å². The van der Waals surface area contributed by atoms with Crippen LogP contribution in [0.2, 0.25) is 0 Å². The first-order valence-corrected chi connectivity index (χ1v) is 19.5. The second kappa shape index (κ2) is 12.5. The number of aromatic nitrogens is 2. The van der Waals surface area contributed by atoms with Gasteiger partial charge in [0.2, 0.25) is 0 Å². The molecule has 266 valence electrons. The number of furan rings is 1. The molecular weight excluding hydrogens is 693 g/mol. The quantitative estimate of drug-likeness (QED) is 0.173. The summed E-state index contributed by atoms with van der Waals surface area (Å²) in [4.78, 5) is 0. The SMILES string of the molecule is c1ccc(-c2cc(-c3cccc(-n4c5ccccc5c5cc(-c6ccc7c(c6)c6ccccc6n7-c6ccccc6)ccc54)c3)cc3c2oc2ccccc23)cc1. The Morgan fingerprint density at radius 3 is 1.46 bits per heavy atom. The van der Waals surface area contributed by atoms with Crippen molar-refractivity contribution in [2.24, 2.45) is 0 Å². The Hall–Kier alpha value is -7.62. The monoisotopic (exact) mass is 726 g/mol. The number of hydrogen-bond acceptors (Lipinski definition) is 1. The van der Waals surface area contributed by atoms with Gasteiger partial charge in [-0.15, -0.1) is 0 Å². The molecule has 0 aliphatic carbocycles. The van der Waals surface area contributed by atoms with Crippen molar-refractivity contribution in [3.63, 3.8) is 0 Å². The van der Waals surface area contributed by atoms with E-state index < -0.39 is 0 Å². The van der Waals surface area contributed by atoms with Crippen LogP contribution >= 0.6 is 0 Å². The lowest BCUT2D eigenvalue weighted by atomic mass is 9.95. The van der Waals surface area contributed by atoms with E-state index in [1.807, 2.05) is 6.07 Å². The Labute approximate surface area is 328 Å². The number of para-hydroxylation sites is 4. The predicted octanol–water partition coefficient (Wildman–Crippen LogP) is 14.8. The van der Waals surface area contributed by atoms with Crippen molar-refractivity contribution in [3.05, 3.63) is 206 Å². The molecule has 0 spiro atoms. The van der Waals surface area contributed by atoms with Crippen LogP contribution in [0.15, 0.2) is 211 Å². The maximum Gasteiger partial charge on any atom is 0.143 e. The van der Waals surface area contributed by atoms with Crippen LogP contribution in [0.4, 0.5) is 0 Å². The van der Waals surface area contributed by atoms with Crippen LogP contribution in [-0.4, -0.2) is 9.13 Å². The zero-order valence-electron chi connectivity index (χ0n) is 30.9. The van der Waals surface area contributed by atoms with Crippen LogP contribution in [-0.2, 0) is 0 Å². The third-order valence-corrected chi connectivity index (χ3v) is 11.7. The largest absolute Gasteiger partial charge is 0.455 e. The minimum atomic E-state index is 0.902. The van der Waals surface area contributed by atoms with E-state index in [0.29, 0.717) is 0 Å². The first kappa shape index (κ1) is 31.7. The molecule has 9 aromatic carbocycles. The van der Waals surface area contributed by atoms with Gasteiger partial charge in [-0.1, -0.05) is 127 Å². The minimum absolute atomic E-state index is 0.902. The van der Waals surface area contributed by atoms with Crippen molar-refractivity contribution in [1.29, 1.82) is 0 Å². The molecule has 3 heteroatoms. The van der Waals surface area contributed by atoms with Crippen LogP contribution in [0.1, 0.15) is 0 Å². The molecule has 0 N–H and O–H groups in total. The molecule has 0 atom stereocenters. The van der Waals surface area contributed by atoms with Gasteiger partial charge in [-0.05, 0) is 107 Å². The second-order valence-electron chi connectivity index (χ2n) is 14.9. The van der Waals surface area contributed by atoms with Crippen molar-refractivity contribution in [3.8, 4) is 44.8 Å². The molecule has 3 nitrogen and oxygen atoms in total. The minimum Gasteiger partial charge on any atom is -0.455 e. The lowest BCUT2D eigenvalue weighted by Gasteiger charge is -2.12. The van der Waals surface area contributed by atoms with Crippen molar-refractivity contribution in [2.75, 3.05) is 0 Å². The smallest absolute Gasteiger partial charge is 0.143 e. The molecule has 0 saturated heterocycles. The first-order chi connectivity index (χ1) is 28.3. The molecule has 0 saturated carbocycles. The Bertz CT molecular complexity index is 3510. The van der Waals surface area contributed by atoms with E-state index in [0.717, 1.165) is 49.9 Å². The van der Waals surface area contributed by atoms with Crippen LogP contribution in [0.25, 0.3) is 110 Å². The highest BCUT2D eigenvalue weighted by atomic mass is 16.3. The van der Waals surface area contributed by atoms with Gasteiger partial charge >= 0.3 is 0 Å². The van der Waals surface area contributed by atoms with E-state index in [9.17, 15) is 0 Å². The van der Waals surface area contributed by atoms with Crippen molar-refractivity contribution in [2.45, 2.75) is 0 Å². The van der Waals surface area contributed by atoms with Crippen LogP contribution in [0.3, 0.4) is 0 Å². The highest BCUT2D eigenvalue weighted by Gasteiger charge is 2.18. The Morgan fingerprint density at radius 2 is 0.772 bits per heavy atom. The van der Waals surface area contributed by atoms with Gasteiger partial charge in [-0.25, -0.2) is 0 Å². The fourth-order valence-corrected chi connectivity index (χ4v) is 9.09. The molecule has 0 radical (unpaired) electrons. The average molecular weight is 727 g/mol. The van der Waals surface area contributed by atoms with Gasteiger partial charge < -0.3 is 13.6 Å². The molecule has 12 rings (SSSR count). The summed E-state index contributed by atoms with van der Waals surface area (Å²) >= 11 is 0. The summed E-state index contributed by atoms with van der Waals surface area (Å²) in [5.74, 6) is 0. The Morgan fingerprint density at radius 1 is 0.281 bits per heavy atom. The van der Waals surface area contributed by atoms with E-state index >= 15 is 0 Å². The summed E-state index contributed by atoms with van der Waals surface area (Å²) in [5, 5.41) is 7.23. The van der Waals surface area contributed by atoms with Gasteiger partial charge in [-0.3, -0.25) is 0 Å². The zero-order valence-corrected chi connectivity index (χ0v) is 30.9. The summed E-state index contributed by atoms with van der Waals surface area (Å²) in [6.45, 7) is 0. The third kappa shape index (κ3) is 4.92. The molecule has 0 amide bonds. The molecule has 12 aromatic rings. The van der Waals surface area contributed by atoms with Gasteiger partial charge in [0, 0.05) is 49.3 Å². The number of hydrogen-bond donors (Lipinski definition) is 0. The van der Waals surface area contributed by atoms with E-state index in [2.05, 4.69) is 209 Å². The Kier molecular flexibility index (Phi) is 6.93. The van der Waals surface area contributed by atoms with E-state index in [-0.39, 0.29) is 0 Å². The van der Waals surface area contributed by atoms with E-state index in [1.165, 1.54) is 60.4 Å². The summed E-state index contributed by atoms with van der Waals surface area (Å²) in [6.07, 6.45) is 0. The molecule has 57 heavy (non-hydrogen) atoms. The second-order valence-corrected chi connectivity index (χ2v) is 14.9. The molecule has 0 aliphatic rings. The lowest BCUT2D eigenvalue weighted by Crippen LogP contribution is -1.94. The lowest BCUT2D eigenvalue weighted by molar-refractivity contribution is 0.670. The average Bonchev–Trinajstić information content (AvgIpc) is 3.94. The highest BCUT2D eigenvalue weighted by Crippen LogP contribution is 2.42. The van der Waals surface area contributed by atoms with Crippen LogP contribution in [0, 0.1) is 0 Å². The number of fused-ring (bicyclic) bond motifs is 9. The summed E-state index contributed by atoms with van der Waals surface area (Å²) in [5.41, 5.74) is 15.8. The number of rotatable bonds is 5. The number of benzene rings is 9. The van der Waals surface area contributed by atoms with Gasteiger partial charge in [-0.2, -0.15) is 0 Å². The Balaban J connectivity index is 1.01. The zero-order chi connectivity index (χ0) is 37.5. The molecule has 0 aliphatic heterocycles. The molecule has 0 unspecified atom stereocenters. The van der Waals surface area contributed by atoms with Crippen molar-refractivity contribution < 1.29 is 4.42 Å². The highest BCUT2D eigenvalue weighted by molar-refractivity contribution is 6.14. The first-order valence-electron chi connectivity index (χ1n) is 19.5. The standard InChI is InChI=1S/C54H34N2O/c1-3-14-35(15-4-1)45-33-39(34-48-44-22-9-12-25-53(44)57-54(45)48)36-16-13-19-41(30-36)56-50-24-11-8-21-43(50)47-32-38(27-29-52(47)56)37-26-28-51-46(31-37)42-20-7-10-23-49(42)55(51)40-17-5-2-6-18-40/h1-34H. The van der Waals surface area contributed by atoms with Crippen molar-refractivity contribution >= 4 is 65.6 Å². The maximum atomic E-state index is 6.50. The van der Waals surface area contributed by atoms with Crippen LogP contribution < -0.4 is 0 Å². The van der Waals surface area contributed by atoms with Crippen molar-refractivity contribution in [1.82, 2.24) is 9.13 Å². The number of nitrogens with zero attached hydrogens (tertiary/aromatic N) is 2. The summed E-state index contributed by atoms with van der Waals surface area (Å²) in [7, 11) is 0. The molecule has 0 bridgehead atoms. The topological polar surface area (TPSA) is 23.0 Å². The maximum absolute atomic E-state index is 6.50.